The normalized spacial score (nSPS) is 13.6. The fourth-order valence-corrected chi connectivity index (χ4v) is 3.11. The first-order valence-corrected chi connectivity index (χ1v) is 7.45. The number of unbranched alkanes of at least 4 members (excludes halogenated alkanes) is 1. The number of rotatable bonds is 8. The Morgan fingerprint density at radius 2 is 1.92 bits per heavy atom. The van der Waals surface area contributed by atoms with Crippen LogP contribution in [-0.4, -0.2) is 16.3 Å². The summed E-state index contributed by atoms with van der Waals surface area (Å²) < 4.78 is 0. The number of hydrogen-bond donors (Lipinski definition) is 0. The zero-order valence-corrected chi connectivity index (χ0v) is 11.6. The van der Waals surface area contributed by atoms with Crippen molar-refractivity contribution in [2.75, 3.05) is 11.5 Å². The lowest BCUT2D eigenvalue weighted by Crippen LogP contribution is -2.02. The first-order valence-electron chi connectivity index (χ1n) is 5.38. The van der Waals surface area contributed by atoms with E-state index >= 15 is 0 Å². The molecule has 0 aliphatic rings. The van der Waals surface area contributed by atoms with Crippen molar-refractivity contribution in [1.82, 2.24) is 0 Å². The van der Waals surface area contributed by atoms with Gasteiger partial charge in [0, 0.05) is 4.83 Å². The Morgan fingerprint density at radius 1 is 1.23 bits per heavy atom. The van der Waals surface area contributed by atoms with Crippen LogP contribution in [0.5, 0.6) is 0 Å². The van der Waals surface area contributed by atoms with E-state index in [0.717, 1.165) is 10.7 Å². The summed E-state index contributed by atoms with van der Waals surface area (Å²) in [6.07, 6.45) is 5.44. The summed E-state index contributed by atoms with van der Waals surface area (Å²) in [6, 6.07) is 0. The van der Waals surface area contributed by atoms with E-state index in [1.807, 2.05) is 0 Å². The lowest BCUT2D eigenvalue weighted by Gasteiger charge is -2.11. The molecule has 0 spiro atoms. The quantitative estimate of drug-likeness (QED) is 0.453. The molecular weight excluding hydrogens is 244 g/mol. The molecular formula is C11H23BrS. The molecule has 0 aromatic carbocycles. The molecule has 0 saturated heterocycles. The molecule has 0 fully saturated rings. The lowest BCUT2D eigenvalue weighted by molar-refractivity contribution is 0.542. The first-order chi connectivity index (χ1) is 6.16. The van der Waals surface area contributed by atoms with E-state index in [4.69, 9.17) is 0 Å². The molecule has 0 radical (unpaired) electrons. The largest absolute Gasteiger partial charge is 0.162 e. The van der Waals surface area contributed by atoms with Crippen molar-refractivity contribution in [1.29, 1.82) is 0 Å². The Hall–Kier alpha value is 0.830. The van der Waals surface area contributed by atoms with Gasteiger partial charge in [0.05, 0.1) is 0 Å². The van der Waals surface area contributed by atoms with E-state index in [1.165, 1.54) is 37.2 Å². The van der Waals surface area contributed by atoms with Crippen molar-refractivity contribution >= 4 is 27.7 Å². The van der Waals surface area contributed by atoms with Crippen molar-refractivity contribution in [2.24, 2.45) is 5.92 Å². The molecule has 0 aromatic rings. The van der Waals surface area contributed by atoms with Crippen LogP contribution in [0.2, 0.25) is 0 Å². The van der Waals surface area contributed by atoms with Gasteiger partial charge >= 0.3 is 0 Å². The summed E-state index contributed by atoms with van der Waals surface area (Å²) in [5, 5.41) is 0. The Bertz CT molecular complexity index is 104. The topological polar surface area (TPSA) is 0 Å². The van der Waals surface area contributed by atoms with Gasteiger partial charge in [0.1, 0.15) is 0 Å². The standard InChI is InChI=1S/C11H23BrS/c1-4-13-8-6-5-7-11(12)9-10(2)3/h10-11H,4-9H2,1-3H3. The van der Waals surface area contributed by atoms with Crippen molar-refractivity contribution in [3.63, 3.8) is 0 Å². The molecule has 0 aliphatic heterocycles. The van der Waals surface area contributed by atoms with Gasteiger partial charge in [0.2, 0.25) is 0 Å². The summed E-state index contributed by atoms with van der Waals surface area (Å²) in [4.78, 5) is 0.749. The maximum atomic E-state index is 3.74. The second-order valence-corrected chi connectivity index (χ2v) is 6.61. The summed E-state index contributed by atoms with van der Waals surface area (Å²) in [5.74, 6) is 3.44. The van der Waals surface area contributed by atoms with Crippen molar-refractivity contribution in [3.8, 4) is 0 Å². The van der Waals surface area contributed by atoms with E-state index in [-0.39, 0.29) is 0 Å². The Morgan fingerprint density at radius 3 is 2.46 bits per heavy atom. The maximum absolute atomic E-state index is 3.74. The van der Waals surface area contributed by atoms with Crippen LogP contribution in [-0.2, 0) is 0 Å². The molecule has 0 N–H and O–H groups in total. The molecule has 1 unspecified atom stereocenters. The third-order valence-electron chi connectivity index (χ3n) is 1.99. The molecule has 2 heteroatoms. The van der Waals surface area contributed by atoms with Gasteiger partial charge in [-0.25, -0.2) is 0 Å². The molecule has 0 amide bonds. The summed E-state index contributed by atoms with van der Waals surface area (Å²) in [7, 11) is 0. The predicted molar refractivity (Wildman–Crippen MR) is 69.0 cm³/mol. The summed E-state index contributed by atoms with van der Waals surface area (Å²) in [5.41, 5.74) is 0. The van der Waals surface area contributed by atoms with Gasteiger partial charge in [0.25, 0.3) is 0 Å². The Labute approximate surface area is 96.4 Å². The molecule has 80 valence electrons. The van der Waals surface area contributed by atoms with Crippen LogP contribution in [0.15, 0.2) is 0 Å². The summed E-state index contributed by atoms with van der Waals surface area (Å²) in [6.45, 7) is 6.82. The van der Waals surface area contributed by atoms with Crippen molar-refractivity contribution in [3.05, 3.63) is 0 Å². The molecule has 0 aliphatic carbocycles. The van der Waals surface area contributed by atoms with Crippen LogP contribution >= 0.6 is 27.7 Å². The maximum Gasteiger partial charge on any atom is 0.0148 e. The van der Waals surface area contributed by atoms with E-state index < -0.39 is 0 Å². The SMILES string of the molecule is CCSCCCCC(Br)CC(C)C. The molecule has 0 bridgehead atoms. The minimum Gasteiger partial charge on any atom is -0.162 e. The average molecular weight is 267 g/mol. The van der Waals surface area contributed by atoms with Crippen LogP contribution in [0.1, 0.15) is 46.5 Å². The summed E-state index contributed by atoms with van der Waals surface area (Å²) >= 11 is 5.80. The number of thioether (sulfide) groups is 1. The van der Waals surface area contributed by atoms with Crippen molar-refractivity contribution < 1.29 is 0 Å². The number of hydrogen-bond acceptors (Lipinski definition) is 1. The number of halogens is 1. The number of alkyl halides is 1. The highest BCUT2D eigenvalue weighted by atomic mass is 79.9. The average Bonchev–Trinajstić information content (AvgIpc) is 2.02. The molecule has 0 nitrogen and oxygen atoms in total. The zero-order valence-electron chi connectivity index (χ0n) is 9.18. The van der Waals surface area contributed by atoms with Crippen LogP contribution in [0.25, 0.3) is 0 Å². The lowest BCUT2D eigenvalue weighted by atomic mass is 10.0. The third kappa shape index (κ3) is 10.8. The monoisotopic (exact) mass is 266 g/mol. The minimum absolute atomic E-state index is 0.749. The minimum atomic E-state index is 0.749. The van der Waals surface area contributed by atoms with Crippen molar-refractivity contribution in [2.45, 2.75) is 51.3 Å². The van der Waals surface area contributed by atoms with E-state index in [9.17, 15) is 0 Å². The van der Waals surface area contributed by atoms with Gasteiger partial charge in [-0.15, -0.1) is 0 Å². The molecule has 0 saturated carbocycles. The van der Waals surface area contributed by atoms with Gasteiger partial charge in [-0.1, -0.05) is 43.1 Å². The van der Waals surface area contributed by atoms with Crippen LogP contribution < -0.4 is 0 Å². The molecule has 13 heavy (non-hydrogen) atoms. The predicted octanol–water partition coefficient (Wildman–Crippen LogP) is 4.72. The van der Waals surface area contributed by atoms with Crippen LogP contribution in [0, 0.1) is 5.92 Å². The molecule has 0 aromatic heterocycles. The molecule has 0 heterocycles. The Balaban J connectivity index is 3.12. The van der Waals surface area contributed by atoms with E-state index in [1.54, 1.807) is 0 Å². The molecule has 1 atom stereocenters. The Kier molecular flexibility index (Phi) is 9.99. The van der Waals surface area contributed by atoms with E-state index in [0.29, 0.717) is 0 Å². The third-order valence-corrected chi connectivity index (χ3v) is 3.80. The molecule has 0 rings (SSSR count). The van der Waals surface area contributed by atoms with Gasteiger partial charge in [-0.2, -0.15) is 11.8 Å². The van der Waals surface area contributed by atoms with Gasteiger partial charge < -0.3 is 0 Å². The smallest absolute Gasteiger partial charge is 0.0148 e. The fraction of sp³-hybridized carbons (Fsp3) is 1.00. The van der Waals surface area contributed by atoms with E-state index in [2.05, 4.69) is 48.5 Å². The first kappa shape index (κ1) is 13.8. The van der Waals surface area contributed by atoms with Crippen LogP contribution in [0.3, 0.4) is 0 Å². The zero-order chi connectivity index (χ0) is 10.1. The highest BCUT2D eigenvalue weighted by molar-refractivity contribution is 9.09. The van der Waals surface area contributed by atoms with Gasteiger partial charge in [0.15, 0.2) is 0 Å². The highest BCUT2D eigenvalue weighted by Gasteiger charge is 2.05. The second kappa shape index (κ2) is 9.39. The fourth-order valence-electron chi connectivity index (χ4n) is 1.34. The second-order valence-electron chi connectivity index (χ2n) is 3.92. The van der Waals surface area contributed by atoms with Gasteiger partial charge in [-0.3, -0.25) is 0 Å². The van der Waals surface area contributed by atoms with Gasteiger partial charge in [-0.05, 0) is 36.7 Å². The highest BCUT2D eigenvalue weighted by Crippen LogP contribution is 2.19. The van der Waals surface area contributed by atoms with Crippen LogP contribution in [0.4, 0.5) is 0 Å².